The fourth-order valence-corrected chi connectivity index (χ4v) is 3.17. The second-order valence-electron chi connectivity index (χ2n) is 3.82. The number of aliphatic carboxylic acids is 1. The van der Waals surface area contributed by atoms with Gasteiger partial charge in [-0.3, -0.25) is 0 Å². The van der Waals surface area contributed by atoms with E-state index in [0.717, 1.165) is 18.6 Å². The van der Waals surface area contributed by atoms with E-state index >= 15 is 0 Å². The van der Waals surface area contributed by atoms with Gasteiger partial charge >= 0.3 is 0 Å². The third kappa shape index (κ3) is 3.48. The van der Waals surface area contributed by atoms with Crippen LogP contribution in [-0.2, 0) is 4.79 Å². The molecule has 1 aliphatic rings. The Morgan fingerprint density at radius 2 is 2.29 bits per heavy atom. The number of quaternary nitrogens is 1. The maximum absolute atomic E-state index is 10.2. The highest BCUT2D eigenvalue weighted by molar-refractivity contribution is 8.00. The van der Waals surface area contributed by atoms with Crippen molar-refractivity contribution in [1.82, 2.24) is 0 Å². The lowest BCUT2D eigenvalue weighted by molar-refractivity contribution is -0.421. The summed E-state index contributed by atoms with van der Waals surface area (Å²) in [4.78, 5) is 10.2. The molecule has 4 nitrogen and oxygen atoms in total. The predicted molar refractivity (Wildman–Crippen MR) is 54.4 cm³/mol. The molecule has 3 atom stereocenters. The molecule has 0 aliphatic carbocycles. The van der Waals surface area contributed by atoms with Crippen LogP contribution in [0.15, 0.2) is 0 Å². The Kier molecular flexibility index (Phi) is 4.71. The maximum Gasteiger partial charge on any atom is 0.112 e. The quantitative estimate of drug-likeness (QED) is 0.541. The van der Waals surface area contributed by atoms with Gasteiger partial charge < -0.3 is 21.4 Å². The summed E-state index contributed by atoms with van der Waals surface area (Å²) < 4.78 is 0. The molecular formula is C9H18N2O2S. The van der Waals surface area contributed by atoms with E-state index in [2.05, 4.69) is 5.73 Å². The number of carbonyl (C=O) groups excluding carboxylic acids is 1. The standard InChI is InChI=1S/C9H18N2O2S/c10-6-5-14-7(9(6)11)3-1-2-4-8(12)13/h6-7,9H,1-5,10-11H2,(H,12,13). The van der Waals surface area contributed by atoms with Crippen LogP contribution in [-0.4, -0.2) is 29.1 Å². The summed E-state index contributed by atoms with van der Waals surface area (Å²) in [5.74, 6) is 0.0335. The van der Waals surface area contributed by atoms with Gasteiger partial charge in [-0.25, -0.2) is 0 Å². The molecule has 0 radical (unpaired) electrons. The number of nitrogens with two attached hydrogens (primary N) is 1. The number of thioether (sulfide) groups is 1. The minimum absolute atomic E-state index is 0.172. The molecule has 0 bridgehead atoms. The first-order chi connectivity index (χ1) is 6.61. The Labute approximate surface area is 88.4 Å². The third-order valence-electron chi connectivity index (χ3n) is 2.65. The van der Waals surface area contributed by atoms with Crippen molar-refractivity contribution in [2.24, 2.45) is 5.73 Å². The molecule has 1 aliphatic heterocycles. The van der Waals surface area contributed by atoms with Crippen LogP contribution in [0.25, 0.3) is 0 Å². The zero-order chi connectivity index (χ0) is 10.6. The zero-order valence-electron chi connectivity index (χ0n) is 8.28. The molecule has 5 heteroatoms. The van der Waals surface area contributed by atoms with Crippen LogP contribution in [0.3, 0.4) is 0 Å². The predicted octanol–water partition coefficient (Wildman–Crippen LogP) is -1.65. The summed E-state index contributed by atoms with van der Waals surface area (Å²) >= 11 is 1.87. The van der Waals surface area contributed by atoms with E-state index in [1.807, 2.05) is 11.8 Å². The van der Waals surface area contributed by atoms with Gasteiger partial charge in [0.2, 0.25) is 0 Å². The molecular weight excluding hydrogens is 200 g/mol. The average molecular weight is 218 g/mol. The molecule has 0 saturated carbocycles. The van der Waals surface area contributed by atoms with E-state index in [1.54, 1.807) is 0 Å². The minimum Gasteiger partial charge on any atom is -0.550 e. The number of unbranched alkanes of at least 4 members (excludes halogenated alkanes) is 1. The van der Waals surface area contributed by atoms with Crippen molar-refractivity contribution in [3.05, 3.63) is 0 Å². The average Bonchev–Trinajstić information content (AvgIpc) is 2.43. The number of carboxylic acid groups (broad SMARTS) is 1. The van der Waals surface area contributed by atoms with Crippen LogP contribution in [0.5, 0.6) is 0 Å². The molecule has 0 aromatic heterocycles. The van der Waals surface area contributed by atoms with Gasteiger partial charge in [0, 0.05) is 11.7 Å². The van der Waals surface area contributed by atoms with E-state index in [9.17, 15) is 9.90 Å². The highest BCUT2D eigenvalue weighted by Crippen LogP contribution is 2.28. The molecule has 5 N–H and O–H groups in total. The van der Waals surface area contributed by atoms with Crippen LogP contribution >= 0.6 is 11.8 Å². The summed E-state index contributed by atoms with van der Waals surface area (Å²) in [5, 5.41) is 10.7. The van der Waals surface area contributed by atoms with Crippen LogP contribution in [0.1, 0.15) is 25.7 Å². The van der Waals surface area contributed by atoms with E-state index < -0.39 is 5.97 Å². The van der Waals surface area contributed by atoms with Crippen molar-refractivity contribution in [2.45, 2.75) is 43.0 Å². The number of hydrogen-bond donors (Lipinski definition) is 2. The van der Waals surface area contributed by atoms with Crippen LogP contribution in [0.4, 0.5) is 0 Å². The monoisotopic (exact) mass is 218 g/mol. The Balaban J connectivity index is 2.10. The van der Waals surface area contributed by atoms with Gasteiger partial charge in [0.25, 0.3) is 0 Å². The Bertz CT molecular complexity index is 201. The minimum atomic E-state index is -0.952. The first-order valence-corrected chi connectivity index (χ1v) is 6.06. The van der Waals surface area contributed by atoms with E-state index in [4.69, 9.17) is 5.73 Å². The maximum atomic E-state index is 10.2. The second kappa shape index (κ2) is 5.58. The molecule has 82 valence electrons. The molecule has 1 saturated heterocycles. The summed E-state index contributed by atoms with van der Waals surface area (Å²) in [6.45, 7) is 0. The SMILES string of the molecule is NC1CSC(CCCCC(=O)[O-])C1[NH3+]. The summed E-state index contributed by atoms with van der Waals surface area (Å²) in [6.07, 6.45) is 2.84. The van der Waals surface area contributed by atoms with Gasteiger partial charge in [-0.2, -0.15) is 11.8 Å². The summed E-state index contributed by atoms with van der Waals surface area (Å²) in [5.41, 5.74) is 9.87. The lowest BCUT2D eigenvalue weighted by Gasteiger charge is -2.13. The smallest absolute Gasteiger partial charge is 0.112 e. The molecule has 1 heterocycles. The van der Waals surface area contributed by atoms with Crippen molar-refractivity contribution in [1.29, 1.82) is 0 Å². The summed E-state index contributed by atoms with van der Waals surface area (Å²) in [6, 6.07) is 0.536. The molecule has 0 aromatic carbocycles. The summed E-state index contributed by atoms with van der Waals surface area (Å²) in [7, 11) is 0. The third-order valence-corrected chi connectivity index (χ3v) is 4.24. The lowest BCUT2D eigenvalue weighted by atomic mass is 10.0. The van der Waals surface area contributed by atoms with Gasteiger partial charge in [0.15, 0.2) is 0 Å². The first kappa shape index (κ1) is 11.8. The topological polar surface area (TPSA) is 93.8 Å². The normalized spacial score (nSPS) is 32.0. The first-order valence-electron chi connectivity index (χ1n) is 5.01. The van der Waals surface area contributed by atoms with E-state index in [1.165, 1.54) is 0 Å². The number of rotatable bonds is 5. The fourth-order valence-electron chi connectivity index (χ4n) is 1.67. The number of hydrogen-bond acceptors (Lipinski definition) is 4. The van der Waals surface area contributed by atoms with Crippen molar-refractivity contribution >= 4 is 17.7 Å². The Morgan fingerprint density at radius 3 is 2.79 bits per heavy atom. The fraction of sp³-hybridized carbons (Fsp3) is 0.889. The molecule has 1 rings (SSSR count). The Hall–Kier alpha value is -0.260. The van der Waals surface area contributed by atoms with Gasteiger partial charge in [0.05, 0.1) is 11.3 Å². The van der Waals surface area contributed by atoms with Crippen LogP contribution in [0.2, 0.25) is 0 Å². The zero-order valence-corrected chi connectivity index (χ0v) is 9.09. The van der Waals surface area contributed by atoms with Crippen molar-refractivity contribution in [2.75, 3.05) is 5.75 Å². The van der Waals surface area contributed by atoms with E-state index in [-0.39, 0.29) is 12.5 Å². The van der Waals surface area contributed by atoms with E-state index in [0.29, 0.717) is 17.7 Å². The van der Waals surface area contributed by atoms with Gasteiger partial charge in [-0.05, 0) is 19.3 Å². The molecule has 1 fully saturated rings. The number of carboxylic acids is 1. The molecule has 14 heavy (non-hydrogen) atoms. The Morgan fingerprint density at radius 1 is 1.57 bits per heavy atom. The van der Waals surface area contributed by atoms with Crippen LogP contribution in [0, 0.1) is 0 Å². The largest absolute Gasteiger partial charge is 0.550 e. The van der Waals surface area contributed by atoms with Crippen molar-refractivity contribution in [3.8, 4) is 0 Å². The number of carbonyl (C=O) groups is 1. The van der Waals surface area contributed by atoms with Gasteiger partial charge in [-0.15, -0.1) is 0 Å². The molecule has 0 spiro atoms. The van der Waals surface area contributed by atoms with Gasteiger partial charge in [-0.1, -0.05) is 6.42 Å². The molecule has 0 amide bonds. The molecule has 0 aromatic rings. The second-order valence-corrected chi connectivity index (χ2v) is 5.09. The van der Waals surface area contributed by atoms with Crippen molar-refractivity contribution < 1.29 is 15.6 Å². The van der Waals surface area contributed by atoms with Crippen molar-refractivity contribution in [3.63, 3.8) is 0 Å². The molecule has 3 unspecified atom stereocenters. The van der Waals surface area contributed by atoms with Crippen LogP contribution < -0.4 is 16.6 Å². The highest BCUT2D eigenvalue weighted by atomic mass is 32.2. The highest BCUT2D eigenvalue weighted by Gasteiger charge is 2.34. The van der Waals surface area contributed by atoms with Gasteiger partial charge in [0.1, 0.15) is 6.04 Å². The lowest BCUT2D eigenvalue weighted by Crippen LogP contribution is -2.70.